The number of aliphatic carboxylic acids is 1. The topological polar surface area (TPSA) is 115 Å². The molecule has 0 spiro atoms. The lowest BCUT2D eigenvalue weighted by Gasteiger charge is -2.22. The van der Waals surface area contributed by atoms with Crippen LogP contribution in [0.15, 0.2) is 41.4 Å². The molecule has 2 aromatic heterocycles. The highest BCUT2D eigenvalue weighted by molar-refractivity contribution is 7.89. The zero-order chi connectivity index (χ0) is 26.2. The molecule has 2 fully saturated rings. The number of hydrogen-bond donors (Lipinski definition) is 1. The minimum atomic E-state index is -3.75. The quantitative estimate of drug-likeness (QED) is 0.463. The van der Waals surface area contributed by atoms with Crippen LogP contribution in [0, 0.1) is 5.92 Å². The molecule has 0 unspecified atom stereocenters. The van der Waals surface area contributed by atoms with Crippen molar-refractivity contribution in [1.29, 1.82) is 0 Å². The summed E-state index contributed by atoms with van der Waals surface area (Å²) in [5.74, 6) is -0.0644. The maximum atomic E-state index is 13.4. The first kappa shape index (κ1) is 25.7. The third-order valence-corrected chi connectivity index (χ3v) is 9.51. The van der Waals surface area contributed by atoms with E-state index in [9.17, 15) is 18.3 Å². The second-order valence-corrected chi connectivity index (χ2v) is 12.1. The molecule has 1 aliphatic carbocycles. The number of pyridine rings is 1. The zero-order valence-electron chi connectivity index (χ0n) is 21.3. The van der Waals surface area contributed by atoms with Gasteiger partial charge in [0.25, 0.3) is 0 Å². The average Bonchev–Trinajstić information content (AvgIpc) is 3.45. The molecule has 3 heterocycles. The molecule has 1 saturated carbocycles. The highest BCUT2D eigenvalue weighted by atomic mass is 32.2. The molecule has 198 valence electrons. The molecule has 1 saturated heterocycles. The summed E-state index contributed by atoms with van der Waals surface area (Å²) in [6.07, 6.45) is 7.19. The number of benzene rings is 1. The fourth-order valence-corrected chi connectivity index (χ4v) is 7.26. The Bertz CT molecular complexity index is 1380. The minimum absolute atomic E-state index is 0.00968. The van der Waals surface area contributed by atoms with E-state index >= 15 is 0 Å². The second kappa shape index (κ2) is 10.4. The standard InChI is InChI=1S/C27H34N4O5S/c1-3-36-26-12-10-21(15-28-26)37(34,35)30-16-18(2)25(17-30)31-24-13-20(19-7-5-4-6-8-19)9-11-22(24)23(29-31)14-27(32)33/h9-13,15,18-19,25H,3-8,14,16-17H2,1-2H3,(H,32,33)/t18-,25+/m1/s1. The molecule has 0 radical (unpaired) electrons. The number of hydrogen-bond acceptors (Lipinski definition) is 6. The van der Waals surface area contributed by atoms with Crippen molar-refractivity contribution in [2.45, 2.75) is 69.2 Å². The minimum Gasteiger partial charge on any atom is -0.481 e. The van der Waals surface area contributed by atoms with E-state index in [-0.39, 0.29) is 29.8 Å². The molecule has 5 rings (SSSR count). The van der Waals surface area contributed by atoms with E-state index in [1.807, 2.05) is 24.6 Å². The van der Waals surface area contributed by atoms with Crippen LogP contribution in [0.25, 0.3) is 10.9 Å². The maximum Gasteiger partial charge on any atom is 0.309 e. The number of nitrogens with zero attached hydrogens (tertiary/aromatic N) is 4. The Hall–Kier alpha value is -2.98. The zero-order valence-corrected chi connectivity index (χ0v) is 22.2. The number of aromatic nitrogens is 3. The number of carboxylic acid groups (broad SMARTS) is 1. The third-order valence-electron chi connectivity index (χ3n) is 7.70. The number of carboxylic acids is 1. The lowest BCUT2D eigenvalue weighted by atomic mass is 9.84. The van der Waals surface area contributed by atoms with Gasteiger partial charge in [0.15, 0.2) is 0 Å². The average molecular weight is 527 g/mol. The lowest BCUT2D eigenvalue weighted by Crippen LogP contribution is -2.29. The van der Waals surface area contributed by atoms with E-state index in [0.717, 1.165) is 23.7 Å². The Morgan fingerprint density at radius 3 is 2.59 bits per heavy atom. The van der Waals surface area contributed by atoms with Crippen LogP contribution in [0.4, 0.5) is 0 Å². The van der Waals surface area contributed by atoms with Gasteiger partial charge < -0.3 is 9.84 Å². The number of carbonyl (C=O) groups is 1. The van der Waals surface area contributed by atoms with Crippen molar-refractivity contribution in [3.05, 3.63) is 47.8 Å². The van der Waals surface area contributed by atoms with Crippen LogP contribution in [-0.2, 0) is 21.2 Å². The van der Waals surface area contributed by atoms with E-state index in [1.165, 1.54) is 41.4 Å². The molecule has 9 nitrogen and oxygen atoms in total. The highest BCUT2D eigenvalue weighted by Crippen LogP contribution is 2.38. The van der Waals surface area contributed by atoms with E-state index in [1.54, 1.807) is 6.07 Å². The van der Waals surface area contributed by atoms with Gasteiger partial charge in [0, 0.05) is 24.5 Å². The number of rotatable bonds is 8. The van der Waals surface area contributed by atoms with Gasteiger partial charge in [0.05, 0.1) is 36.5 Å². The summed E-state index contributed by atoms with van der Waals surface area (Å²) in [5.41, 5.74) is 2.66. The van der Waals surface area contributed by atoms with Crippen molar-refractivity contribution >= 4 is 26.9 Å². The highest BCUT2D eigenvalue weighted by Gasteiger charge is 2.39. The molecule has 1 aliphatic heterocycles. The predicted octanol–water partition coefficient (Wildman–Crippen LogP) is 4.39. The Morgan fingerprint density at radius 2 is 1.92 bits per heavy atom. The molecule has 1 aromatic carbocycles. The van der Waals surface area contributed by atoms with Gasteiger partial charge in [-0.2, -0.15) is 9.40 Å². The molecule has 0 amide bonds. The second-order valence-electron chi connectivity index (χ2n) is 10.2. The summed E-state index contributed by atoms with van der Waals surface area (Å²) >= 11 is 0. The number of fused-ring (bicyclic) bond motifs is 1. The first-order valence-electron chi connectivity index (χ1n) is 13.1. The van der Waals surface area contributed by atoms with Gasteiger partial charge in [-0.1, -0.05) is 38.3 Å². The fourth-order valence-electron chi connectivity index (χ4n) is 5.76. The van der Waals surface area contributed by atoms with Gasteiger partial charge in [-0.05, 0) is 49.3 Å². The Balaban J connectivity index is 1.48. The van der Waals surface area contributed by atoms with Gasteiger partial charge in [-0.3, -0.25) is 9.48 Å². The normalized spacial score (nSPS) is 21.5. The molecule has 2 atom stereocenters. The van der Waals surface area contributed by atoms with Crippen LogP contribution in [0.2, 0.25) is 0 Å². The molecular formula is C27H34N4O5S. The summed E-state index contributed by atoms with van der Waals surface area (Å²) in [6, 6.07) is 9.15. The van der Waals surface area contributed by atoms with Crippen LogP contribution in [0.1, 0.15) is 69.2 Å². The van der Waals surface area contributed by atoms with Gasteiger partial charge in [0.2, 0.25) is 15.9 Å². The van der Waals surface area contributed by atoms with Gasteiger partial charge >= 0.3 is 5.97 Å². The van der Waals surface area contributed by atoms with Crippen LogP contribution >= 0.6 is 0 Å². The van der Waals surface area contributed by atoms with E-state index in [2.05, 4.69) is 17.1 Å². The lowest BCUT2D eigenvalue weighted by molar-refractivity contribution is -0.136. The Labute approximate surface area is 217 Å². The van der Waals surface area contributed by atoms with Crippen molar-refractivity contribution < 1.29 is 23.1 Å². The van der Waals surface area contributed by atoms with E-state index < -0.39 is 16.0 Å². The summed E-state index contributed by atoms with van der Waals surface area (Å²) in [6.45, 7) is 4.92. The molecule has 37 heavy (non-hydrogen) atoms. The summed E-state index contributed by atoms with van der Waals surface area (Å²) in [4.78, 5) is 15.8. The van der Waals surface area contributed by atoms with Crippen LogP contribution < -0.4 is 4.74 Å². The molecule has 2 aliphatic rings. The SMILES string of the molecule is CCOc1ccc(S(=O)(=O)N2C[C@@H](C)[C@@H](n3nc(CC(=O)O)c4ccc(C5CCCCC5)cc43)C2)cn1. The van der Waals surface area contributed by atoms with E-state index in [4.69, 9.17) is 9.84 Å². The molecule has 3 aromatic rings. The predicted molar refractivity (Wildman–Crippen MR) is 139 cm³/mol. The fraction of sp³-hybridized carbons (Fsp3) is 0.519. The van der Waals surface area contributed by atoms with Crippen molar-refractivity contribution in [1.82, 2.24) is 19.1 Å². The van der Waals surface area contributed by atoms with Gasteiger partial charge in [0.1, 0.15) is 4.90 Å². The molecule has 1 N–H and O–H groups in total. The number of ether oxygens (including phenoxy) is 1. The third kappa shape index (κ3) is 5.09. The molecule has 10 heteroatoms. The Kier molecular flexibility index (Phi) is 7.22. The van der Waals surface area contributed by atoms with Crippen molar-refractivity contribution in [3.63, 3.8) is 0 Å². The van der Waals surface area contributed by atoms with Crippen molar-refractivity contribution in [3.8, 4) is 5.88 Å². The van der Waals surface area contributed by atoms with Crippen LogP contribution in [0.3, 0.4) is 0 Å². The monoisotopic (exact) mass is 526 g/mol. The Morgan fingerprint density at radius 1 is 1.14 bits per heavy atom. The van der Waals surface area contributed by atoms with E-state index in [0.29, 0.717) is 30.6 Å². The summed E-state index contributed by atoms with van der Waals surface area (Å²) < 4.78 is 35.6. The first-order chi connectivity index (χ1) is 17.8. The molecular weight excluding hydrogens is 492 g/mol. The summed E-state index contributed by atoms with van der Waals surface area (Å²) in [7, 11) is -3.75. The van der Waals surface area contributed by atoms with Crippen LogP contribution in [0.5, 0.6) is 5.88 Å². The summed E-state index contributed by atoms with van der Waals surface area (Å²) in [5, 5.41) is 15.1. The van der Waals surface area contributed by atoms with Gasteiger partial charge in [-0.25, -0.2) is 13.4 Å². The smallest absolute Gasteiger partial charge is 0.309 e. The van der Waals surface area contributed by atoms with Crippen molar-refractivity contribution in [2.24, 2.45) is 5.92 Å². The maximum absolute atomic E-state index is 13.4. The number of sulfonamides is 1. The van der Waals surface area contributed by atoms with Gasteiger partial charge in [-0.15, -0.1) is 0 Å². The largest absolute Gasteiger partial charge is 0.481 e. The molecule has 0 bridgehead atoms. The van der Waals surface area contributed by atoms with Crippen molar-refractivity contribution in [2.75, 3.05) is 19.7 Å². The van der Waals surface area contributed by atoms with Crippen LogP contribution in [-0.4, -0.2) is 58.3 Å². The first-order valence-corrected chi connectivity index (χ1v) is 14.5.